The summed E-state index contributed by atoms with van der Waals surface area (Å²) >= 11 is 6.42. The highest BCUT2D eigenvalue weighted by molar-refractivity contribution is 6.33. The van der Waals surface area contributed by atoms with Crippen LogP contribution in [0.5, 0.6) is 5.75 Å². The molecule has 0 aliphatic carbocycles. The van der Waals surface area contributed by atoms with Crippen molar-refractivity contribution >= 4 is 17.5 Å². The molecule has 1 aromatic carbocycles. The fourth-order valence-corrected chi connectivity index (χ4v) is 3.39. The van der Waals surface area contributed by atoms with E-state index in [0.717, 1.165) is 25.1 Å². The van der Waals surface area contributed by atoms with E-state index >= 15 is 0 Å². The molecule has 1 fully saturated rings. The van der Waals surface area contributed by atoms with Crippen LogP contribution >= 0.6 is 11.6 Å². The second-order valence-corrected chi connectivity index (χ2v) is 6.34. The number of likely N-dealkylation sites (tertiary alicyclic amines) is 1. The standard InChI is InChI=1S/C18H21ClN2O2/c1-13-7-3-4-10-21(13)18(22)14-11-15(19)16(12-17(14)23-2)20-8-5-6-9-20/h5-6,8-9,11-13H,3-4,7,10H2,1-2H3. The number of carbonyl (C=O) groups excluding carboxylic acids is 1. The van der Waals surface area contributed by atoms with Crippen LogP contribution < -0.4 is 4.74 Å². The Morgan fingerprint density at radius 3 is 2.65 bits per heavy atom. The van der Waals surface area contributed by atoms with E-state index in [1.165, 1.54) is 6.42 Å². The normalized spacial score (nSPS) is 18.0. The fourth-order valence-electron chi connectivity index (χ4n) is 3.13. The van der Waals surface area contributed by atoms with Gasteiger partial charge >= 0.3 is 0 Å². The molecule has 122 valence electrons. The zero-order valence-corrected chi connectivity index (χ0v) is 14.2. The summed E-state index contributed by atoms with van der Waals surface area (Å²) < 4.78 is 7.37. The molecule has 1 saturated heterocycles. The molecule has 1 unspecified atom stereocenters. The van der Waals surface area contributed by atoms with E-state index < -0.39 is 0 Å². The Bertz CT molecular complexity index is 697. The van der Waals surface area contributed by atoms with E-state index in [-0.39, 0.29) is 11.9 Å². The van der Waals surface area contributed by atoms with Crippen molar-refractivity contribution in [2.75, 3.05) is 13.7 Å². The van der Waals surface area contributed by atoms with Crippen molar-refractivity contribution in [3.8, 4) is 11.4 Å². The Balaban J connectivity index is 1.99. The van der Waals surface area contributed by atoms with Crippen molar-refractivity contribution in [1.29, 1.82) is 0 Å². The van der Waals surface area contributed by atoms with Crippen molar-refractivity contribution in [1.82, 2.24) is 9.47 Å². The molecule has 2 heterocycles. The minimum Gasteiger partial charge on any atom is -0.496 e. The van der Waals surface area contributed by atoms with Gasteiger partial charge < -0.3 is 14.2 Å². The topological polar surface area (TPSA) is 34.5 Å². The monoisotopic (exact) mass is 332 g/mol. The van der Waals surface area contributed by atoms with Gasteiger partial charge in [-0.3, -0.25) is 4.79 Å². The molecule has 4 nitrogen and oxygen atoms in total. The summed E-state index contributed by atoms with van der Waals surface area (Å²) in [5.74, 6) is 0.552. The minimum absolute atomic E-state index is 0.00462. The first kappa shape index (κ1) is 15.9. The molecule has 1 amide bonds. The summed E-state index contributed by atoms with van der Waals surface area (Å²) in [6, 6.07) is 7.65. The average molecular weight is 333 g/mol. The van der Waals surface area contributed by atoms with Crippen LogP contribution in [0.2, 0.25) is 5.02 Å². The Morgan fingerprint density at radius 1 is 1.26 bits per heavy atom. The maximum Gasteiger partial charge on any atom is 0.257 e. The molecule has 1 aliphatic heterocycles. The minimum atomic E-state index is -0.00462. The zero-order valence-electron chi connectivity index (χ0n) is 13.5. The molecule has 3 rings (SSSR count). The molecule has 1 aromatic heterocycles. The first-order valence-electron chi connectivity index (χ1n) is 7.93. The molecule has 5 heteroatoms. The summed E-state index contributed by atoms with van der Waals surface area (Å²) in [4.78, 5) is 14.8. The van der Waals surface area contributed by atoms with E-state index in [9.17, 15) is 4.79 Å². The van der Waals surface area contributed by atoms with E-state index in [2.05, 4.69) is 6.92 Å². The van der Waals surface area contributed by atoms with Gasteiger partial charge in [0.1, 0.15) is 5.75 Å². The number of halogens is 1. The highest BCUT2D eigenvalue weighted by atomic mass is 35.5. The molecular formula is C18H21ClN2O2. The number of ether oxygens (including phenoxy) is 1. The Kier molecular flexibility index (Phi) is 4.62. The lowest BCUT2D eigenvalue weighted by molar-refractivity contribution is 0.0632. The molecule has 0 bridgehead atoms. The van der Waals surface area contributed by atoms with Crippen molar-refractivity contribution in [3.05, 3.63) is 47.2 Å². The van der Waals surface area contributed by atoms with Crippen LogP contribution in [-0.2, 0) is 0 Å². The molecule has 0 saturated carbocycles. The number of hydrogen-bond acceptors (Lipinski definition) is 2. The number of piperidine rings is 1. The van der Waals surface area contributed by atoms with Gasteiger partial charge in [0.2, 0.25) is 0 Å². The number of hydrogen-bond donors (Lipinski definition) is 0. The molecule has 2 aromatic rings. The van der Waals surface area contributed by atoms with Crippen molar-refractivity contribution in [2.45, 2.75) is 32.2 Å². The van der Waals surface area contributed by atoms with Crippen LogP contribution in [0.1, 0.15) is 36.5 Å². The van der Waals surface area contributed by atoms with Gasteiger partial charge in [0.05, 0.1) is 23.4 Å². The van der Waals surface area contributed by atoms with Gasteiger partial charge in [0.25, 0.3) is 5.91 Å². The Hall–Kier alpha value is -1.94. The quantitative estimate of drug-likeness (QED) is 0.846. The fraction of sp³-hybridized carbons (Fsp3) is 0.389. The van der Waals surface area contributed by atoms with Gasteiger partial charge in [-0.2, -0.15) is 0 Å². The number of rotatable bonds is 3. The van der Waals surface area contributed by atoms with Crippen LogP contribution in [-0.4, -0.2) is 35.1 Å². The number of methoxy groups -OCH3 is 1. The van der Waals surface area contributed by atoms with Gasteiger partial charge in [-0.1, -0.05) is 11.6 Å². The molecule has 0 N–H and O–H groups in total. The Labute approximate surface area is 141 Å². The van der Waals surface area contributed by atoms with Gasteiger partial charge in [0, 0.05) is 31.0 Å². The van der Waals surface area contributed by atoms with Gasteiger partial charge in [0.15, 0.2) is 0 Å². The third-order valence-electron chi connectivity index (χ3n) is 4.45. The highest BCUT2D eigenvalue weighted by Crippen LogP contribution is 2.32. The van der Waals surface area contributed by atoms with Crippen molar-refractivity contribution in [3.63, 3.8) is 0 Å². The molecule has 23 heavy (non-hydrogen) atoms. The van der Waals surface area contributed by atoms with Gasteiger partial charge in [-0.15, -0.1) is 0 Å². The van der Waals surface area contributed by atoms with Crippen LogP contribution in [0.25, 0.3) is 5.69 Å². The van der Waals surface area contributed by atoms with Crippen molar-refractivity contribution in [2.24, 2.45) is 0 Å². The third-order valence-corrected chi connectivity index (χ3v) is 4.75. The van der Waals surface area contributed by atoms with E-state index in [0.29, 0.717) is 16.3 Å². The molecule has 1 aliphatic rings. The summed E-state index contributed by atoms with van der Waals surface area (Å²) in [7, 11) is 1.58. The average Bonchev–Trinajstić information content (AvgIpc) is 3.08. The van der Waals surface area contributed by atoms with Crippen molar-refractivity contribution < 1.29 is 9.53 Å². The molecular weight excluding hydrogens is 312 g/mol. The molecule has 1 atom stereocenters. The van der Waals surface area contributed by atoms with Crippen LogP contribution in [0, 0.1) is 0 Å². The van der Waals surface area contributed by atoms with Crippen LogP contribution in [0.15, 0.2) is 36.7 Å². The number of aromatic nitrogens is 1. The number of amides is 1. The van der Waals surface area contributed by atoms with E-state index in [1.807, 2.05) is 40.1 Å². The maximum absolute atomic E-state index is 12.9. The molecule has 0 spiro atoms. The van der Waals surface area contributed by atoms with Crippen LogP contribution in [0.4, 0.5) is 0 Å². The third kappa shape index (κ3) is 3.08. The predicted molar refractivity (Wildman–Crippen MR) is 91.7 cm³/mol. The van der Waals surface area contributed by atoms with E-state index in [1.54, 1.807) is 13.2 Å². The second-order valence-electron chi connectivity index (χ2n) is 5.94. The largest absolute Gasteiger partial charge is 0.496 e. The number of nitrogens with zero attached hydrogens (tertiary/aromatic N) is 2. The first-order chi connectivity index (χ1) is 11.1. The maximum atomic E-state index is 12.9. The highest BCUT2D eigenvalue weighted by Gasteiger charge is 2.27. The van der Waals surface area contributed by atoms with E-state index in [4.69, 9.17) is 16.3 Å². The summed E-state index contributed by atoms with van der Waals surface area (Å²) in [6.07, 6.45) is 7.09. The van der Waals surface area contributed by atoms with Crippen LogP contribution in [0.3, 0.4) is 0 Å². The first-order valence-corrected chi connectivity index (χ1v) is 8.31. The smallest absolute Gasteiger partial charge is 0.257 e. The van der Waals surface area contributed by atoms with Gasteiger partial charge in [-0.05, 0) is 44.4 Å². The molecule has 0 radical (unpaired) electrons. The second kappa shape index (κ2) is 6.67. The summed E-state index contributed by atoms with van der Waals surface area (Å²) in [5.41, 5.74) is 1.33. The summed E-state index contributed by atoms with van der Waals surface area (Å²) in [6.45, 7) is 2.89. The lowest BCUT2D eigenvalue weighted by Crippen LogP contribution is -2.42. The Morgan fingerprint density at radius 2 is 2.00 bits per heavy atom. The lowest BCUT2D eigenvalue weighted by atomic mass is 10.0. The SMILES string of the molecule is COc1cc(-n2cccc2)c(Cl)cc1C(=O)N1CCCCC1C. The number of benzene rings is 1. The van der Waals surface area contributed by atoms with Gasteiger partial charge in [-0.25, -0.2) is 0 Å². The zero-order chi connectivity index (χ0) is 16.4. The predicted octanol–water partition coefficient (Wildman–Crippen LogP) is 4.15. The summed E-state index contributed by atoms with van der Waals surface area (Å²) in [5, 5.41) is 0.537. The number of carbonyl (C=O) groups is 1. The lowest BCUT2D eigenvalue weighted by Gasteiger charge is -2.33.